The van der Waals surface area contributed by atoms with Crippen LogP contribution in [0, 0.1) is 0 Å². The third kappa shape index (κ3) is 4.62. The van der Waals surface area contributed by atoms with Gasteiger partial charge in [-0.15, -0.1) is 22.7 Å². The number of rotatable bonds is 5. The molecule has 0 saturated carbocycles. The van der Waals surface area contributed by atoms with Gasteiger partial charge in [0.05, 0.1) is 15.8 Å². The lowest BCUT2D eigenvalue weighted by atomic mass is 10.3. The number of nitrogens with one attached hydrogen (secondary N) is 1. The van der Waals surface area contributed by atoms with Gasteiger partial charge in [0.25, 0.3) is 5.91 Å². The largest absolute Gasteiger partial charge is 0.331 e. The Kier molecular flexibility index (Phi) is 5.93. The van der Waals surface area contributed by atoms with Gasteiger partial charge in [-0.05, 0) is 30.3 Å². The molecule has 0 radical (unpaired) electrons. The first kappa shape index (κ1) is 18.8. The number of aromatic nitrogens is 1. The Labute approximate surface area is 168 Å². The summed E-state index contributed by atoms with van der Waals surface area (Å²) in [6.45, 7) is -0.0942. The molecule has 1 aromatic carbocycles. The molecule has 0 saturated heterocycles. The van der Waals surface area contributed by atoms with Crippen molar-refractivity contribution in [2.45, 2.75) is 0 Å². The van der Waals surface area contributed by atoms with Crippen molar-refractivity contribution in [3.8, 4) is 9.88 Å². The number of hydrogen-bond acceptors (Lipinski definition) is 5. The second kappa shape index (κ2) is 8.18. The molecule has 26 heavy (non-hydrogen) atoms. The molecule has 0 atom stereocenters. The summed E-state index contributed by atoms with van der Waals surface area (Å²) in [5.74, 6) is -0.639. The third-order valence-electron chi connectivity index (χ3n) is 3.34. The lowest BCUT2D eigenvalue weighted by Crippen LogP contribution is -2.35. The summed E-state index contributed by atoms with van der Waals surface area (Å²) in [7, 11) is 1.56. The van der Waals surface area contributed by atoms with Crippen molar-refractivity contribution < 1.29 is 9.59 Å². The summed E-state index contributed by atoms with van der Waals surface area (Å²) in [4.78, 5) is 31.2. The van der Waals surface area contributed by atoms with Crippen LogP contribution in [0.4, 0.5) is 5.69 Å². The molecule has 0 aliphatic carbocycles. The van der Waals surface area contributed by atoms with E-state index in [9.17, 15) is 9.59 Å². The van der Waals surface area contributed by atoms with E-state index in [1.54, 1.807) is 42.8 Å². The number of amides is 2. The first-order valence-electron chi connectivity index (χ1n) is 7.44. The van der Waals surface area contributed by atoms with Crippen molar-refractivity contribution >= 4 is 63.4 Å². The summed E-state index contributed by atoms with van der Waals surface area (Å²) >= 11 is 14.6. The molecule has 0 aliphatic heterocycles. The number of benzene rings is 1. The number of carbonyl (C=O) groups excluding carboxylic acids is 2. The molecule has 2 heterocycles. The van der Waals surface area contributed by atoms with Gasteiger partial charge in [0.1, 0.15) is 10.7 Å². The van der Waals surface area contributed by atoms with Gasteiger partial charge in [-0.3, -0.25) is 9.59 Å². The molecule has 3 rings (SSSR count). The van der Waals surface area contributed by atoms with Crippen molar-refractivity contribution in [1.82, 2.24) is 9.88 Å². The van der Waals surface area contributed by atoms with E-state index in [1.165, 1.54) is 27.6 Å². The van der Waals surface area contributed by atoms with E-state index < -0.39 is 0 Å². The number of carbonyl (C=O) groups is 2. The molecule has 0 aliphatic rings. The van der Waals surface area contributed by atoms with Crippen LogP contribution in [0.1, 0.15) is 10.5 Å². The maximum atomic E-state index is 12.5. The molecule has 2 aromatic heterocycles. The average Bonchev–Trinajstić information content (AvgIpc) is 3.22. The molecular weight excluding hydrogens is 413 g/mol. The van der Waals surface area contributed by atoms with Gasteiger partial charge in [0, 0.05) is 23.1 Å². The van der Waals surface area contributed by atoms with Crippen molar-refractivity contribution in [1.29, 1.82) is 0 Å². The van der Waals surface area contributed by atoms with E-state index in [1.807, 2.05) is 6.07 Å². The minimum atomic E-state index is -0.323. The number of thiazole rings is 1. The molecule has 5 nitrogen and oxygen atoms in total. The molecule has 9 heteroatoms. The Bertz CT molecular complexity index is 955. The average molecular weight is 426 g/mol. The zero-order chi connectivity index (χ0) is 18.7. The van der Waals surface area contributed by atoms with Crippen molar-refractivity contribution in [2.75, 3.05) is 18.9 Å². The van der Waals surface area contributed by atoms with Crippen molar-refractivity contribution in [3.05, 3.63) is 56.8 Å². The highest BCUT2D eigenvalue weighted by Crippen LogP contribution is 2.33. The monoisotopic (exact) mass is 425 g/mol. The smallest absolute Gasteiger partial charge is 0.273 e. The van der Waals surface area contributed by atoms with Gasteiger partial charge in [0.2, 0.25) is 5.91 Å². The summed E-state index contributed by atoms with van der Waals surface area (Å²) in [5, 5.41) is 5.63. The number of nitrogens with zero attached hydrogens (tertiary/aromatic N) is 2. The fourth-order valence-corrected chi connectivity index (χ4v) is 4.26. The molecule has 2 amide bonds. The second-order valence-electron chi connectivity index (χ2n) is 5.36. The predicted octanol–water partition coefficient (Wildman–Crippen LogP) is 4.89. The molecule has 0 fully saturated rings. The maximum Gasteiger partial charge on any atom is 0.273 e. The molecule has 0 unspecified atom stereocenters. The SMILES string of the molecule is CN(CC(=O)Nc1cccc(Cl)c1)C(=O)c1csc(-c2ccc(Cl)s2)n1. The summed E-state index contributed by atoms with van der Waals surface area (Å²) < 4.78 is 0.665. The third-order valence-corrected chi connectivity index (χ3v) is 5.82. The minimum Gasteiger partial charge on any atom is -0.331 e. The zero-order valence-electron chi connectivity index (χ0n) is 13.5. The van der Waals surface area contributed by atoms with E-state index in [2.05, 4.69) is 10.3 Å². The normalized spacial score (nSPS) is 10.6. The molecular formula is C17H13Cl2N3O2S2. The Morgan fingerprint density at radius 2 is 2.04 bits per heavy atom. The number of halogens is 2. The Balaban J connectivity index is 1.62. The fourth-order valence-electron chi connectivity index (χ4n) is 2.16. The Hall–Kier alpha value is -1.93. The minimum absolute atomic E-state index is 0.0942. The summed E-state index contributed by atoms with van der Waals surface area (Å²) in [6, 6.07) is 10.5. The lowest BCUT2D eigenvalue weighted by Gasteiger charge is -2.15. The van der Waals surface area contributed by atoms with Gasteiger partial charge in [-0.25, -0.2) is 4.98 Å². The van der Waals surface area contributed by atoms with Gasteiger partial charge < -0.3 is 10.2 Å². The van der Waals surface area contributed by atoms with Crippen LogP contribution in [0.5, 0.6) is 0 Å². The summed E-state index contributed by atoms with van der Waals surface area (Å²) in [6.07, 6.45) is 0. The van der Waals surface area contributed by atoms with E-state index in [4.69, 9.17) is 23.2 Å². The number of anilines is 1. The molecule has 134 valence electrons. The van der Waals surface area contributed by atoms with Crippen LogP contribution in [-0.2, 0) is 4.79 Å². The summed E-state index contributed by atoms with van der Waals surface area (Å²) in [5.41, 5.74) is 0.876. The molecule has 1 N–H and O–H groups in total. The fraction of sp³-hybridized carbons (Fsp3) is 0.118. The van der Waals surface area contributed by atoms with Crippen LogP contribution < -0.4 is 5.32 Å². The Morgan fingerprint density at radius 3 is 2.73 bits per heavy atom. The molecule has 3 aromatic rings. The second-order valence-corrected chi connectivity index (χ2v) is 8.37. The first-order chi connectivity index (χ1) is 12.4. The van der Waals surface area contributed by atoms with E-state index in [-0.39, 0.29) is 18.4 Å². The maximum absolute atomic E-state index is 12.5. The van der Waals surface area contributed by atoms with Crippen LogP contribution in [0.15, 0.2) is 41.8 Å². The standard InChI is InChI=1S/C17H13Cl2N3O2S2/c1-22(8-15(23)20-11-4-2-3-10(18)7-11)17(24)12-9-25-16(21-12)13-5-6-14(19)26-13/h2-7,9H,8H2,1H3,(H,20,23). The van der Waals surface area contributed by atoms with Crippen molar-refractivity contribution in [3.63, 3.8) is 0 Å². The predicted molar refractivity (Wildman–Crippen MR) is 107 cm³/mol. The van der Waals surface area contributed by atoms with E-state index in [0.29, 0.717) is 20.7 Å². The molecule has 0 spiro atoms. The van der Waals surface area contributed by atoms with E-state index in [0.717, 1.165) is 9.88 Å². The van der Waals surface area contributed by atoms with Gasteiger partial charge in [0.15, 0.2) is 0 Å². The van der Waals surface area contributed by atoms with Crippen LogP contribution >= 0.6 is 45.9 Å². The highest BCUT2D eigenvalue weighted by Gasteiger charge is 2.19. The van der Waals surface area contributed by atoms with Crippen LogP contribution in [-0.4, -0.2) is 35.3 Å². The number of thiophene rings is 1. The van der Waals surface area contributed by atoms with Gasteiger partial charge in [-0.1, -0.05) is 29.3 Å². The van der Waals surface area contributed by atoms with Crippen molar-refractivity contribution in [2.24, 2.45) is 0 Å². The first-order valence-corrected chi connectivity index (χ1v) is 9.89. The van der Waals surface area contributed by atoms with Gasteiger partial charge in [-0.2, -0.15) is 0 Å². The van der Waals surface area contributed by atoms with Gasteiger partial charge >= 0.3 is 0 Å². The Morgan fingerprint density at radius 1 is 1.23 bits per heavy atom. The van der Waals surface area contributed by atoms with E-state index >= 15 is 0 Å². The number of likely N-dealkylation sites (N-methyl/N-ethyl adjacent to an activating group) is 1. The number of hydrogen-bond donors (Lipinski definition) is 1. The highest BCUT2D eigenvalue weighted by molar-refractivity contribution is 7.23. The zero-order valence-corrected chi connectivity index (χ0v) is 16.7. The van der Waals surface area contributed by atoms with Crippen LogP contribution in [0.3, 0.4) is 0 Å². The quantitative estimate of drug-likeness (QED) is 0.632. The molecule has 0 bridgehead atoms. The topological polar surface area (TPSA) is 62.3 Å². The van der Waals surface area contributed by atoms with Crippen LogP contribution in [0.2, 0.25) is 9.36 Å². The highest BCUT2D eigenvalue weighted by atomic mass is 35.5. The van der Waals surface area contributed by atoms with Crippen LogP contribution in [0.25, 0.3) is 9.88 Å². The lowest BCUT2D eigenvalue weighted by molar-refractivity contribution is -0.116.